The quantitative estimate of drug-likeness (QED) is 0.719. The van der Waals surface area contributed by atoms with Gasteiger partial charge in [0.25, 0.3) is 11.1 Å². The predicted octanol–water partition coefficient (Wildman–Crippen LogP) is 3.54. The number of amides is 3. The molecule has 1 aliphatic rings. The number of hydrogen-bond acceptors (Lipinski definition) is 5. The van der Waals surface area contributed by atoms with E-state index >= 15 is 0 Å². The zero-order valence-corrected chi connectivity index (χ0v) is 16.4. The number of benzene rings is 2. The van der Waals surface area contributed by atoms with Crippen molar-refractivity contribution in [3.8, 4) is 5.75 Å². The van der Waals surface area contributed by atoms with Gasteiger partial charge in [0.2, 0.25) is 5.91 Å². The van der Waals surface area contributed by atoms with Gasteiger partial charge in [-0.05, 0) is 41.8 Å². The van der Waals surface area contributed by atoms with Crippen molar-refractivity contribution in [1.82, 2.24) is 10.6 Å². The minimum atomic E-state index is -4.44. The lowest BCUT2D eigenvalue weighted by molar-refractivity contribution is -0.137. The van der Waals surface area contributed by atoms with Crippen LogP contribution in [0.4, 0.5) is 18.0 Å². The molecular weight excluding hydrogens is 421 g/mol. The molecule has 0 bridgehead atoms. The van der Waals surface area contributed by atoms with E-state index in [1.165, 1.54) is 31.4 Å². The second-order valence-electron chi connectivity index (χ2n) is 6.36. The molecule has 6 nitrogen and oxygen atoms in total. The van der Waals surface area contributed by atoms with Crippen LogP contribution in [0, 0.1) is 0 Å². The van der Waals surface area contributed by atoms with Crippen molar-refractivity contribution in [3.63, 3.8) is 0 Å². The van der Waals surface area contributed by atoms with Crippen LogP contribution in [0.25, 0.3) is 0 Å². The third-order valence-corrected chi connectivity index (χ3v) is 5.16. The minimum Gasteiger partial charge on any atom is -0.496 e. The minimum absolute atomic E-state index is 0.0144. The molecule has 2 aromatic carbocycles. The fraction of sp³-hybridized carbons (Fsp3) is 0.250. The first-order valence-electron chi connectivity index (χ1n) is 9.17. The van der Waals surface area contributed by atoms with Crippen molar-refractivity contribution in [2.45, 2.75) is 24.4 Å². The molecule has 1 saturated heterocycles. The Kier molecular flexibility index (Phi) is 5.93. The van der Waals surface area contributed by atoms with Gasteiger partial charge in [-0.1, -0.05) is 30.0 Å². The molecule has 2 N–H and O–H groups in total. The Balaban J connectivity index is 1.73. The number of hydrogen-bond donors (Lipinski definition) is 2. The molecule has 0 radical (unpaired) electrons. The van der Waals surface area contributed by atoms with Crippen molar-refractivity contribution in [2.75, 3.05) is 7.11 Å². The van der Waals surface area contributed by atoms with Gasteiger partial charge in [0, 0.05) is 6.54 Å². The van der Waals surface area contributed by atoms with Crippen molar-refractivity contribution in [1.29, 1.82) is 0 Å². The van der Waals surface area contributed by atoms with Crippen LogP contribution in [0.2, 0.25) is 0 Å². The highest BCUT2D eigenvalue weighted by Gasteiger charge is 2.32. The number of carbonyl (C=O) groups is 3. The highest BCUT2D eigenvalue weighted by Crippen LogP contribution is 2.29. The monoisotopic (exact) mass is 439 g/mol. The van der Waals surface area contributed by atoms with Gasteiger partial charge in [0.15, 0.2) is 0 Å². The van der Waals surface area contributed by atoms with Gasteiger partial charge >= 0.3 is 6.18 Å². The molecule has 1 atom stereocenters. The van der Waals surface area contributed by atoms with Crippen LogP contribution in [-0.4, -0.2) is 29.4 Å². The first kappa shape index (κ1) is 20.3. The summed E-state index contributed by atoms with van der Waals surface area (Å²) in [5.74, 6) is -1.03. The highest BCUT2D eigenvalue weighted by atomic mass is 32.2. The molecule has 0 spiro atoms. The second kappa shape index (κ2) is 8.78. The van der Waals surface area contributed by atoms with E-state index in [0.29, 0.717) is 22.9 Å². The first-order chi connectivity index (χ1) is 14.5. The van der Waals surface area contributed by atoms with Crippen LogP contribution in [0.1, 0.15) is 28.4 Å². The maximum atomic E-state index is 12.7. The summed E-state index contributed by atoms with van der Waals surface area (Å²) in [5.41, 5.74) is 0.283. The number of alkyl halides is 3. The summed E-state index contributed by atoms with van der Waals surface area (Å²) in [4.78, 5) is 35.9. The molecular formula is C20H17F3N2O4S. The summed E-state index contributed by atoms with van der Waals surface area (Å²) in [6.45, 7) is -0.0144. The van der Waals surface area contributed by atoms with Crippen LogP contribution in [0.3, 0.4) is 0 Å². The molecule has 1 aliphatic heterocycles. The first-order valence-corrected chi connectivity index (χ1v) is 9.49. The number of halogens is 3. The van der Waals surface area contributed by atoms with Crippen molar-refractivity contribution in [3.05, 3.63) is 64.7 Å². The molecule has 158 valence electrons. The van der Waals surface area contributed by atoms with Crippen LogP contribution in [0.15, 0.2) is 42.5 Å². The average Bonchev–Trinajstić information content (AvgIpc) is 2.96. The van der Waals surface area contributed by atoms with Crippen LogP contribution >= 0.6 is 11.8 Å². The number of rotatable bonds is 6. The Morgan fingerprint density at radius 1 is 1.20 bits per heavy atom. The molecule has 30 heavy (non-hydrogen) atoms. The van der Waals surface area contributed by atoms with Gasteiger partial charge in [0.1, 0.15) is 5.75 Å². The Labute approximate surface area is 175 Å². The van der Waals surface area contributed by atoms with Crippen LogP contribution in [0.5, 0.6) is 5.75 Å². The highest BCUT2D eigenvalue weighted by molar-refractivity contribution is 8.15. The number of thioether (sulfide) groups is 1. The summed E-state index contributed by atoms with van der Waals surface area (Å²) in [5, 5.41) is 2.33. The zero-order valence-electron chi connectivity index (χ0n) is 16.6. The van der Waals surface area contributed by atoms with E-state index in [1.54, 1.807) is 6.07 Å². The summed E-state index contributed by atoms with van der Waals surface area (Å²) in [6, 6.07) is 8.95. The van der Waals surface area contributed by atoms with E-state index < -0.39 is 34.0 Å². The standard InChI is InChI=1S/C20H17F3N2O4S/c1-29-15-7-4-12(9-16-18(27)25-19(28)30-16)8-14(15)17(26)24-10-11-2-5-13(6-3-11)20(21,22)23/h2-8,16H,9-10H2,1H3,(H,24,26)(H,25,27,28)/t16-/m1/s1/i16D. The van der Waals surface area contributed by atoms with Crippen molar-refractivity contribution < 1.29 is 33.7 Å². The third-order valence-electron chi connectivity index (χ3n) is 4.29. The summed E-state index contributed by atoms with van der Waals surface area (Å²) < 4.78 is 51.3. The fourth-order valence-electron chi connectivity index (χ4n) is 2.78. The molecule has 0 unspecified atom stereocenters. The molecule has 10 heteroatoms. The Hall–Kier alpha value is -3.01. The molecule has 0 aromatic heterocycles. The molecule has 0 saturated carbocycles. The molecule has 3 amide bonds. The van der Waals surface area contributed by atoms with Crippen molar-refractivity contribution >= 4 is 28.8 Å². The maximum Gasteiger partial charge on any atom is 0.416 e. The SMILES string of the molecule is [2H][C@]1(Cc2ccc(OC)c(C(=O)NCc3ccc(C(F)(F)F)cc3)c2)SC(=O)NC1=O. The van der Waals surface area contributed by atoms with Gasteiger partial charge in [-0.15, -0.1) is 0 Å². The fourth-order valence-corrected chi connectivity index (χ4v) is 3.53. The van der Waals surface area contributed by atoms with Gasteiger partial charge in [0.05, 0.1) is 24.8 Å². The number of carbonyl (C=O) groups excluding carboxylic acids is 3. The summed E-state index contributed by atoms with van der Waals surface area (Å²) >= 11 is 0.561. The van der Waals surface area contributed by atoms with Crippen LogP contribution < -0.4 is 15.4 Å². The molecule has 3 rings (SSSR count). The Bertz CT molecular complexity index is 1030. The van der Waals surface area contributed by atoms with Gasteiger partial charge < -0.3 is 10.1 Å². The van der Waals surface area contributed by atoms with E-state index in [4.69, 9.17) is 6.11 Å². The summed E-state index contributed by atoms with van der Waals surface area (Å²) in [7, 11) is 1.37. The maximum absolute atomic E-state index is 12.7. The van der Waals surface area contributed by atoms with E-state index in [0.717, 1.165) is 12.1 Å². The smallest absolute Gasteiger partial charge is 0.416 e. The average molecular weight is 439 g/mol. The Morgan fingerprint density at radius 2 is 1.87 bits per heavy atom. The largest absolute Gasteiger partial charge is 0.496 e. The molecule has 1 fully saturated rings. The Morgan fingerprint density at radius 3 is 2.43 bits per heavy atom. The zero-order chi connectivity index (χ0) is 22.8. The predicted molar refractivity (Wildman–Crippen MR) is 104 cm³/mol. The number of methoxy groups -OCH3 is 1. The van der Waals surface area contributed by atoms with E-state index in [2.05, 4.69) is 10.6 Å². The summed E-state index contributed by atoms with van der Waals surface area (Å²) in [6.07, 6.45) is -4.55. The van der Waals surface area contributed by atoms with Gasteiger partial charge in [-0.2, -0.15) is 13.2 Å². The van der Waals surface area contributed by atoms with E-state index in [9.17, 15) is 27.6 Å². The van der Waals surface area contributed by atoms with Gasteiger partial charge in [-0.25, -0.2) is 0 Å². The lowest BCUT2D eigenvalue weighted by Gasteiger charge is -2.13. The number of nitrogens with one attached hydrogen (secondary N) is 2. The second-order valence-corrected chi connectivity index (χ2v) is 7.42. The number of imide groups is 1. The van der Waals surface area contributed by atoms with E-state index in [1.807, 2.05) is 0 Å². The normalized spacial score (nSPS) is 19.3. The van der Waals surface area contributed by atoms with E-state index in [-0.39, 0.29) is 24.3 Å². The number of ether oxygens (including phenoxy) is 1. The van der Waals surface area contributed by atoms with Crippen molar-refractivity contribution in [2.24, 2.45) is 0 Å². The van der Waals surface area contributed by atoms with Gasteiger partial charge in [-0.3, -0.25) is 19.7 Å². The topological polar surface area (TPSA) is 84.5 Å². The third kappa shape index (κ3) is 5.12. The lowest BCUT2D eigenvalue weighted by atomic mass is 10.0. The lowest BCUT2D eigenvalue weighted by Crippen LogP contribution is -2.26. The molecule has 2 aromatic rings. The molecule has 1 heterocycles. The molecule has 0 aliphatic carbocycles. The van der Waals surface area contributed by atoms with Crippen LogP contribution in [-0.2, 0) is 23.9 Å².